The largest absolute Gasteiger partial charge is 0.466 e. The quantitative estimate of drug-likeness (QED) is 0.680. The van der Waals surface area contributed by atoms with Gasteiger partial charge in [0.05, 0.1) is 7.11 Å². The van der Waals surface area contributed by atoms with Crippen LogP contribution in [0.5, 0.6) is 0 Å². The molecule has 0 amide bonds. The molecule has 19 heavy (non-hydrogen) atoms. The molecule has 104 valence electrons. The minimum atomic E-state index is -0.281. The van der Waals surface area contributed by atoms with Crippen LogP contribution in [0.3, 0.4) is 0 Å². The normalized spacial score (nSPS) is 27.3. The third kappa shape index (κ3) is 4.86. The zero-order valence-corrected chi connectivity index (χ0v) is 12.2. The summed E-state index contributed by atoms with van der Waals surface area (Å²) in [7, 11) is 1.39. The van der Waals surface area contributed by atoms with E-state index in [1.165, 1.54) is 7.11 Å². The average Bonchev–Trinajstić information content (AvgIpc) is 2.39. The molecule has 0 bridgehead atoms. The number of carbonyl (C=O) groups is 2. The highest BCUT2D eigenvalue weighted by Crippen LogP contribution is 2.25. The zero-order valence-electron chi connectivity index (χ0n) is 12.2. The highest BCUT2D eigenvalue weighted by molar-refractivity contribution is 6.03. The van der Waals surface area contributed by atoms with Crippen LogP contribution in [0.2, 0.25) is 0 Å². The Hall–Kier alpha value is -1.64. The number of methoxy groups -OCH3 is 1. The van der Waals surface area contributed by atoms with Gasteiger partial charge in [0.1, 0.15) is 0 Å². The zero-order chi connectivity index (χ0) is 14.5. The molecule has 0 atom stereocenters. The maximum absolute atomic E-state index is 11.8. The molecule has 3 heteroatoms. The predicted molar refractivity (Wildman–Crippen MR) is 75.6 cm³/mol. The highest BCUT2D eigenvalue weighted by Gasteiger charge is 2.17. The van der Waals surface area contributed by atoms with Gasteiger partial charge in [0.2, 0.25) is 0 Å². The molecule has 0 spiro atoms. The monoisotopic (exact) mass is 262 g/mol. The maximum Gasteiger partial charge on any atom is 0.333 e. The molecule has 0 aromatic carbocycles. The molecule has 0 saturated heterocycles. The van der Waals surface area contributed by atoms with Gasteiger partial charge in [0, 0.05) is 5.57 Å². The van der Waals surface area contributed by atoms with Crippen LogP contribution in [0.25, 0.3) is 0 Å². The Morgan fingerprint density at radius 3 is 2.63 bits per heavy atom. The summed E-state index contributed by atoms with van der Waals surface area (Å²) in [5.74, 6) is -0.244. The van der Waals surface area contributed by atoms with E-state index in [9.17, 15) is 9.59 Å². The van der Waals surface area contributed by atoms with Crippen molar-refractivity contribution in [3.05, 3.63) is 35.5 Å². The van der Waals surface area contributed by atoms with E-state index in [1.54, 1.807) is 13.0 Å². The van der Waals surface area contributed by atoms with Crippen molar-refractivity contribution in [2.24, 2.45) is 5.41 Å². The van der Waals surface area contributed by atoms with Gasteiger partial charge in [0.25, 0.3) is 0 Å². The Balaban J connectivity index is 3.05. The molecule has 1 aliphatic rings. The number of allylic oxidation sites excluding steroid dienone is 5. The Morgan fingerprint density at radius 2 is 2.00 bits per heavy atom. The fourth-order valence-electron chi connectivity index (χ4n) is 1.85. The summed E-state index contributed by atoms with van der Waals surface area (Å²) in [4.78, 5) is 23.5. The Kier molecular flexibility index (Phi) is 5.28. The molecule has 1 aliphatic carbocycles. The van der Waals surface area contributed by atoms with Crippen LogP contribution in [0.4, 0.5) is 0 Å². The van der Waals surface area contributed by atoms with E-state index >= 15 is 0 Å². The maximum atomic E-state index is 11.8. The van der Waals surface area contributed by atoms with Crippen molar-refractivity contribution in [2.75, 3.05) is 7.11 Å². The summed E-state index contributed by atoms with van der Waals surface area (Å²) < 4.78 is 4.79. The van der Waals surface area contributed by atoms with Gasteiger partial charge >= 0.3 is 5.97 Å². The van der Waals surface area contributed by atoms with Crippen molar-refractivity contribution in [1.29, 1.82) is 0 Å². The van der Waals surface area contributed by atoms with Gasteiger partial charge in [0.15, 0.2) is 5.78 Å². The van der Waals surface area contributed by atoms with Crippen molar-refractivity contribution in [3.63, 3.8) is 0 Å². The number of ketones is 1. The van der Waals surface area contributed by atoms with Gasteiger partial charge in [-0.2, -0.15) is 0 Å². The number of carbonyl (C=O) groups excluding carboxylic acids is 2. The fourth-order valence-corrected chi connectivity index (χ4v) is 1.85. The summed E-state index contributed by atoms with van der Waals surface area (Å²) in [6.45, 7) is 5.89. The number of hydrogen-bond donors (Lipinski definition) is 0. The van der Waals surface area contributed by atoms with E-state index in [1.807, 2.05) is 32.1 Å². The van der Waals surface area contributed by atoms with Gasteiger partial charge in [-0.15, -0.1) is 0 Å². The van der Waals surface area contributed by atoms with Gasteiger partial charge in [-0.25, -0.2) is 4.79 Å². The minimum absolute atomic E-state index is 0.0367. The van der Waals surface area contributed by atoms with E-state index in [4.69, 9.17) is 4.74 Å². The van der Waals surface area contributed by atoms with Gasteiger partial charge in [-0.05, 0) is 43.3 Å². The highest BCUT2D eigenvalue weighted by atomic mass is 16.5. The van der Waals surface area contributed by atoms with Crippen LogP contribution in [-0.4, -0.2) is 18.9 Å². The van der Waals surface area contributed by atoms with Gasteiger partial charge in [-0.1, -0.05) is 32.1 Å². The molecule has 1 rings (SSSR count). The van der Waals surface area contributed by atoms with Crippen molar-refractivity contribution in [3.8, 4) is 0 Å². The summed E-state index contributed by atoms with van der Waals surface area (Å²) >= 11 is 0. The lowest BCUT2D eigenvalue weighted by molar-refractivity contribution is -0.136. The number of esters is 1. The summed E-state index contributed by atoms with van der Waals surface area (Å²) in [6.07, 6.45) is 9.32. The molecule has 0 N–H and O–H groups in total. The lowest BCUT2D eigenvalue weighted by atomic mass is 9.87. The SMILES string of the molecule is COC(=O)/C1=C/CC(C)(C)/C=C\C(=O)/C(C)=C\CC1. The van der Waals surface area contributed by atoms with E-state index in [0.717, 1.165) is 5.57 Å². The standard InChI is InChI=1S/C16H22O3/c1-12-6-5-7-13(15(18)19-4)8-10-16(2,3)11-9-14(12)17/h6,8-9,11H,5,7,10H2,1-4H3/b11-9-,12-6-,13-8+. The molecular formula is C16H22O3. The molecule has 0 aromatic rings. The first kappa shape index (κ1) is 15.4. The lowest BCUT2D eigenvalue weighted by Gasteiger charge is -2.18. The average molecular weight is 262 g/mol. The summed E-state index contributed by atoms with van der Waals surface area (Å²) in [5.41, 5.74) is 1.25. The van der Waals surface area contributed by atoms with Crippen LogP contribution < -0.4 is 0 Å². The van der Waals surface area contributed by atoms with Crippen molar-refractivity contribution in [1.82, 2.24) is 0 Å². The van der Waals surface area contributed by atoms with E-state index < -0.39 is 0 Å². The molecule has 0 aliphatic heterocycles. The third-order valence-corrected chi connectivity index (χ3v) is 3.26. The second kappa shape index (κ2) is 6.50. The van der Waals surface area contributed by atoms with Crippen LogP contribution in [0.1, 0.15) is 40.0 Å². The Labute approximate surface area is 115 Å². The second-order valence-electron chi connectivity index (χ2n) is 5.54. The van der Waals surface area contributed by atoms with Crippen LogP contribution in [0, 0.1) is 5.41 Å². The van der Waals surface area contributed by atoms with Crippen LogP contribution >= 0.6 is 0 Å². The number of ether oxygens (including phenoxy) is 1. The first-order valence-corrected chi connectivity index (χ1v) is 6.53. The first-order valence-electron chi connectivity index (χ1n) is 6.53. The first-order chi connectivity index (χ1) is 8.85. The molecule has 3 nitrogen and oxygen atoms in total. The van der Waals surface area contributed by atoms with E-state index in [2.05, 4.69) is 0 Å². The topological polar surface area (TPSA) is 43.4 Å². The number of hydrogen-bond acceptors (Lipinski definition) is 3. The van der Waals surface area contributed by atoms with Gasteiger partial charge < -0.3 is 4.74 Å². The van der Waals surface area contributed by atoms with Crippen LogP contribution in [-0.2, 0) is 14.3 Å². The molecule has 0 fully saturated rings. The molecule has 0 saturated carbocycles. The lowest BCUT2D eigenvalue weighted by Crippen LogP contribution is -2.09. The van der Waals surface area contributed by atoms with Crippen molar-refractivity contribution < 1.29 is 14.3 Å². The van der Waals surface area contributed by atoms with Crippen LogP contribution in [0.15, 0.2) is 35.5 Å². The Morgan fingerprint density at radius 1 is 1.32 bits per heavy atom. The molecule has 0 radical (unpaired) electrons. The smallest absolute Gasteiger partial charge is 0.333 e. The Bertz CT molecular complexity index is 451. The van der Waals surface area contributed by atoms with Crippen molar-refractivity contribution >= 4 is 11.8 Å². The molecule has 0 heterocycles. The molecular weight excluding hydrogens is 240 g/mol. The van der Waals surface area contributed by atoms with Crippen molar-refractivity contribution in [2.45, 2.75) is 40.0 Å². The minimum Gasteiger partial charge on any atom is -0.466 e. The van der Waals surface area contributed by atoms with E-state index in [-0.39, 0.29) is 17.2 Å². The third-order valence-electron chi connectivity index (χ3n) is 3.26. The molecule has 0 unspecified atom stereocenters. The van der Waals surface area contributed by atoms with Gasteiger partial charge in [-0.3, -0.25) is 4.79 Å². The second-order valence-corrected chi connectivity index (χ2v) is 5.54. The molecule has 0 aromatic heterocycles. The summed E-state index contributed by atoms with van der Waals surface area (Å²) in [6, 6.07) is 0. The number of rotatable bonds is 1. The fraction of sp³-hybridized carbons (Fsp3) is 0.500. The predicted octanol–water partition coefficient (Wildman–Crippen LogP) is 3.37. The van der Waals surface area contributed by atoms with E-state index in [0.29, 0.717) is 24.8 Å². The summed E-state index contributed by atoms with van der Waals surface area (Å²) in [5, 5.41) is 0.